The van der Waals surface area contributed by atoms with Gasteiger partial charge in [-0.25, -0.2) is 4.79 Å². The van der Waals surface area contributed by atoms with Gasteiger partial charge in [0.15, 0.2) is 0 Å². The summed E-state index contributed by atoms with van der Waals surface area (Å²) in [5.41, 5.74) is 0.371. The van der Waals surface area contributed by atoms with Gasteiger partial charge in [0.05, 0.1) is 11.3 Å². The van der Waals surface area contributed by atoms with E-state index >= 15 is 0 Å². The minimum Gasteiger partial charge on any atom is -0.462 e. The summed E-state index contributed by atoms with van der Waals surface area (Å²) in [5.74, 6) is 0.384. The van der Waals surface area contributed by atoms with Crippen LogP contribution < -0.4 is 15.3 Å². The van der Waals surface area contributed by atoms with E-state index < -0.39 is 35.8 Å². The number of anilines is 1. The van der Waals surface area contributed by atoms with Crippen molar-refractivity contribution < 1.29 is 28.8 Å². The van der Waals surface area contributed by atoms with Crippen molar-refractivity contribution in [3.63, 3.8) is 0 Å². The standard InChI is InChI=1S/C20H27NO7/c1-10-13(8-7-11-12(21(4)5)9-14(22)27-17(10)11)26-19-16(24)15(23)18(25-6)20(2,3)28-19/h7-9,15-16,18-19,23-24H,1-6H3/t15-,16+,18+,19+/m0/s1. The van der Waals surface area contributed by atoms with Crippen molar-refractivity contribution in [1.29, 1.82) is 0 Å². The number of rotatable bonds is 4. The number of nitrogens with zero attached hydrogens (tertiary/aromatic N) is 1. The van der Waals surface area contributed by atoms with Crippen LogP contribution >= 0.6 is 0 Å². The highest BCUT2D eigenvalue weighted by Gasteiger charge is 2.50. The summed E-state index contributed by atoms with van der Waals surface area (Å²) in [7, 11) is 5.14. The molecule has 2 heterocycles. The summed E-state index contributed by atoms with van der Waals surface area (Å²) in [6.45, 7) is 5.26. The molecule has 1 aliphatic rings. The molecule has 0 bridgehead atoms. The first-order chi connectivity index (χ1) is 13.1. The van der Waals surface area contributed by atoms with E-state index in [1.807, 2.05) is 19.0 Å². The van der Waals surface area contributed by atoms with Crippen LogP contribution in [0.4, 0.5) is 5.69 Å². The lowest BCUT2D eigenvalue weighted by atomic mass is 9.89. The van der Waals surface area contributed by atoms with E-state index in [0.29, 0.717) is 16.9 Å². The van der Waals surface area contributed by atoms with E-state index in [2.05, 4.69) is 0 Å². The van der Waals surface area contributed by atoms with Gasteiger partial charge in [-0.15, -0.1) is 0 Å². The number of ether oxygens (including phenoxy) is 3. The lowest BCUT2D eigenvalue weighted by Gasteiger charge is -2.46. The number of hydrogen-bond donors (Lipinski definition) is 2. The molecule has 1 saturated heterocycles. The van der Waals surface area contributed by atoms with Crippen molar-refractivity contribution in [3.05, 3.63) is 34.2 Å². The van der Waals surface area contributed by atoms with Crippen LogP contribution in [-0.2, 0) is 9.47 Å². The van der Waals surface area contributed by atoms with Gasteiger partial charge in [0.2, 0.25) is 6.29 Å². The second kappa shape index (κ2) is 7.36. The maximum absolute atomic E-state index is 12.0. The third kappa shape index (κ3) is 3.48. The maximum Gasteiger partial charge on any atom is 0.338 e. The molecule has 2 N–H and O–H groups in total. The topological polar surface area (TPSA) is 102 Å². The largest absolute Gasteiger partial charge is 0.462 e. The van der Waals surface area contributed by atoms with Gasteiger partial charge in [0.25, 0.3) is 0 Å². The van der Waals surface area contributed by atoms with Crippen LogP contribution in [0.15, 0.2) is 27.4 Å². The van der Waals surface area contributed by atoms with E-state index in [1.54, 1.807) is 32.9 Å². The second-order valence-corrected chi connectivity index (χ2v) is 7.76. The average molecular weight is 393 g/mol. The lowest BCUT2D eigenvalue weighted by Crippen LogP contribution is -2.63. The summed E-state index contributed by atoms with van der Waals surface area (Å²) in [6, 6.07) is 4.94. The molecule has 0 unspecified atom stereocenters. The van der Waals surface area contributed by atoms with Gasteiger partial charge in [-0.05, 0) is 32.9 Å². The van der Waals surface area contributed by atoms with Gasteiger partial charge < -0.3 is 33.7 Å². The fraction of sp³-hybridized carbons (Fsp3) is 0.550. The molecule has 2 aromatic rings. The highest BCUT2D eigenvalue weighted by Crippen LogP contribution is 2.36. The summed E-state index contributed by atoms with van der Waals surface area (Å²) in [6.07, 6.45) is -4.32. The molecule has 0 amide bonds. The molecule has 1 aromatic carbocycles. The first-order valence-corrected chi connectivity index (χ1v) is 9.05. The fourth-order valence-corrected chi connectivity index (χ4v) is 3.65. The van der Waals surface area contributed by atoms with Crippen LogP contribution in [0.2, 0.25) is 0 Å². The maximum atomic E-state index is 12.0. The van der Waals surface area contributed by atoms with Crippen LogP contribution in [0, 0.1) is 6.92 Å². The van der Waals surface area contributed by atoms with E-state index in [9.17, 15) is 15.0 Å². The Morgan fingerprint density at radius 3 is 2.46 bits per heavy atom. The van der Waals surface area contributed by atoms with Crippen molar-refractivity contribution >= 4 is 16.7 Å². The van der Waals surface area contributed by atoms with Crippen molar-refractivity contribution in [2.45, 2.75) is 51.0 Å². The molecule has 0 saturated carbocycles. The van der Waals surface area contributed by atoms with E-state index in [-0.39, 0.29) is 0 Å². The Morgan fingerprint density at radius 1 is 1.18 bits per heavy atom. The smallest absolute Gasteiger partial charge is 0.338 e. The Hall–Kier alpha value is -2.13. The Bertz CT molecular complexity index is 921. The molecule has 4 atom stereocenters. The van der Waals surface area contributed by atoms with Gasteiger partial charge in [0, 0.05) is 38.2 Å². The predicted octanol–water partition coefficient (Wildman–Crippen LogP) is 1.42. The molecule has 8 nitrogen and oxygen atoms in total. The quantitative estimate of drug-likeness (QED) is 0.752. The van der Waals surface area contributed by atoms with Gasteiger partial charge in [-0.3, -0.25) is 0 Å². The summed E-state index contributed by atoms with van der Waals surface area (Å²) < 4.78 is 22.4. The minimum absolute atomic E-state index is 0.384. The Labute approximate surface area is 163 Å². The second-order valence-electron chi connectivity index (χ2n) is 7.76. The molecule has 8 heteroatoms. The Kier molecular flexibility index (Phi) is 5.42. The van der Waals surface area contributed by atoms with E-state index in [4.69, 9.17) is 18.6 Å². The normalized spacial score (nSPS) is 27.0. The zero-order valence-electron chi connectivity index (χ0n) is 16.9. The lowest BCUT2D eigenvalue weighted by molar-refractivity contribution is -0.306. The van der Waals surface area contributed by atoms with Crippen molar-refractivity contribution in [3.8, 4) is 5.75 Å². The molecular weight excluding hydrogens is 366 g/mol. The molecule has 1 aliphatic heterocycles. The molecule has 3 rings (SSSR count). The fourth-order valence-electron chi connectivity index (χ4n) is 3.65. The summed E-state index contributed by atoms with van der Waals surface area (Å²) in [4.78, 5) is 13.8. The molecule has 1 aromatic heterocycles. The number of methoxy groups -OCH3 is 1. The van der Waals surface area contributed by atoms with Crippen molar-refractivity contribution in [2.75, 3.05) is 26.1 Å². The van der Waals surface area contributed by atoms with E-state index in [0.717, 1.165) is 11.1 Å². The van der Waals surface area contributed by atoms with Crippen LogP contribution in [0.1, 0.15) is 19.4 Å². The third-order valence-corrected chi connectivity index (χ3v) is 5.11. The third-order valence-electron chi connectivity index (χ3n) is 5.11. The number of benzene rings is 1. The van der Waals surface area contributed by atoms with Crippen molar-refractivity contribution in [2.24, 2.45) is 0 Å². The molecule has 154 valence electrons. The first kappa shape index (κ1) is 20.6. The first-order valence-electron chi connectivity index (χ1n) is 9.05. The van der Waals surface area contributed by atoms with Gasteiger partial charge >= 0.3 is 5.63 Å². The molecular formula is C20H27NO7. The number of aliphatic hydroxyl groups is 2. The van der Waals surface area contributed by atoms with Gasteiger partial charge in [0.1, 0.15) is 29.6 Å². The van der Waals surface area contributed by atoms with Gasteiger partial charge in [-0.1, -0.05) is 0 Å². The number of aryl methyl sites for hydroxylation is 1. The predicted molar refractivity (Wildman–Crippen MR) is 104 cm³/mol. The summed E-state index contributed by atoms with van der Waals surface area (Å²) in [5, 5.41) is 21.6. The average Bonchev–Trinajstić information content (AvgIpc) is 2.61. The molecule has 1 fully saturated rings. The highest BCUT2D eigenvalue weighted by molar-refractivity contribution is 5.93. The molecule has 0 radical (unpaired) electrons. The van der Waals surface area contributed by atoms with Crippen molar-refractivity contribution in [1.82, 2.24) is 0 Å². The monoisotopic (exact) mass is 393 g/mol. The SMILES string of the molecule is CO[C@@H]1[C@@H](O)[C@@H](O)[C@H](Oc2ccc3c(N(C)C)cc(=O)oc3c2C)OC1(C)C. The Morgan fingerprint density at radius 2 is 1.86 bits per heavy atom. The number of aliphatic hydroxyl groups excluding tert-OH is 2. The van der Waals surface area contributed by atoms with Crippen LogP contribution in [0.5, 0.6) is 5.75 Å². The number of fused-ring (bicyclic) bond motifs is 1. The van der Waals surface area contributed by atoms with Gasteiger partial charge in [-0.2, -0.15) is 0 Å². The zero-order valence-corrected chi connectivity index (χ0v) is 16.9. The van der Waals surface area contributed by atoms with E-state index in [1.165, 1.54) is 13.2 Å². The number of hydrogen-bond acceptors (Lipinski definition) is 8. The van der Waals surface area contributed by atoms with Crippen LogP contribution in [-0.4, -0.2) is 61.6 Å². The summed E-state index contributed by atoms with van der Waals surface area (Å²) >= 11 is 0. The zero-order chi connectivity index (χ0) is 20.8. The Balaban J connectivity index is 1.99. The minimum atomic E-state index is -1.31. The molecule has 28 heavy (non-hydrogen) atoms. The molecule has 0 aliphatic carbocycles. The molecule has 0 spiro atoms. The van der Waals surface area contributed by atoms with Crippen LogP contribution in [0.25, 0.3) is 11.0 Å². The highest BCUT2D eigenvalue weighted by atomic mass is 16.7. The van der Waals surface area contributed by atoms with Crippen LogP contribution in [0.3, 0.4) is 0 Å².